The highest BCUT2D eigenvalue weighted by Crippen LogP contribution is 2.22. The van der Waals surface area contributed by atoms with Crippen molar-refractivity contribution in [3.8, 4) is 5.75 Å². The molecule has 0 spiro atoms. The lowest BCUT2D eigenvalue weighted by Crippen LogP contribution is -2.28. The van der Waals surface area contributed by atoms with Crippen LogP contribution in [0.3, 0.4) is 0 Å². The summed E-state index contributed by atoms with van der Waals surface area (Å²) < 4.78 is 44.6. The van der Waals surface area contributed by atoms with Crippen LogP contribution in [0.4, 0.5) is 4.39 Å². The van der Waals surface area contributed by atoms with Gasteiger partial charge in [-0.3, -0.25) is 4.79 Å². The van der Waals surface area contributed by atoms with E-state index in [-0.39, 0.29) is 29.8 Å². The third kappa shape index (κ3) is 5.05. The van der Waals surface area contributed by atoms with E-state index in [1.54, 1.807) is 12.1 Å². The van der Waals surface area contributed by atoms with Gasteiger partial charge < -0.3 is 10.1 Å². The maximum Gasteiger partial charge on any atom is 0.258 e. The van der Waals surface area contributed by atoms with E-state index in [0.29, 0.717) is 18.8 Å². The van der Waals surface area contributed by atoms with Gasteiger partial charge in [0.1, 0.15) is 11.6 Å². The second kappa shape index (κ2) is 8.49. The molecule has 2 aromatic carbocycles. The first kappa shape index (κ1) is 19.3. The number of carbonyl (C=O) groups excluding carboxylic acids is 1. The van der Waals surface area contributed by atoms with Crippen molar-refractivity contribution in [2.24, 2.45) is 0 Å². The summed E-state index contributed by atoms with van der Waals surface area (Å²) in [6.07, 6.45) is 1.76. The van der Waals surface area contributed by atoms with Gasteiger partial charge in [0.05, 0.1) is 4.90 Å². The van der Waals surface area contributed by atoms with E-state index in [9.17, 15) is 17.6 Å². The quantitative estimate of drug-likeness (QED) is 0.785. The zero-order chi connectivity index (χ0) is 19.3. The molecule has 0 unspecified atom stereocenters. The molecule has 144 valence electrons. The third-order valence-corrected chi connectivity index (χ3v) is 6.21. The molecule has 0 radical (unpaired) electrons. The van der Waals surface area contributed by atoms with Crippen molar-refractivity contribution in [3.63, 3.8) is 0 Å². The van der Waals surface area contributed by atoms with Crippen molar-refractivity contribution in [2.45, 2.75) is 24.3 Å². The van der Waals surface area contributed by atoms with Crippen molar-refractivity contribution in [3.05, 3.63) is 59.9 Å². The summed E-state index contributed by atoms with van der Waals surface area (Å²) >= 11 is 0. The van der Waals surface area contributed by atoms with Gasteiger partial charge in [0.15, 0.2) is 6.61 Å². The van der Waals surface area contributed by atoms with Crippen molar-refractivity contribution in [1.82, 2.24) is 9.62 Å². The molecule has 0 saturated carbocycles. The molecule has 0 aliphatic carbocycles. The molecule has 3 rings (SSSR count). The summed E-state index contributed by atoms with van der Waals surface area (Å²) in [5, 5.41) is 2.67. The molecule has 2 aromatic rings. The molecule has 1 aliphatic heterocycles. The Balaban J connectivity index is 1.49. The standard InChI is InChI=1S/C19H21FN2O4S/c20-16-5-3-15(4-6-16)13-21-19(23)14-26-17-7-9-18(10-8-17)27(24,25)22-11-1-2-12-22/h3-10H,1-2,11-14H2,(H,21,23). The number of hydrogen-bond donors (Lipinski definition) is 1. The number of benzene rings is 2. The zero-order valence-corrected chi connectivity index (χ0v) is 15.5. The highest BCUT2D eigenvalue weighted by atomic mass is 32.2. The predicted molar refractivity (Wildman–Crippen MR) is 98.2 cm³/mol. The van der Waals surface area contributed by atoms with E-state index in [1.807, 2.05) is 0 Å². The van der Waals surface area contributed by atoms with Gasteiger partial charge in [-0.1, -0.05) is 12.1 Å². The first-order valence-electron chi connectivity index (χ1n) is 8.69. The van der Waals surface area contributed by atoms with Crippen molar-refractivity contribution in [1.29, 1.82) is 0 Å². The Labute approximate surface area is 158 Å². The van der Waals surface area contributed by atoms with E-state index in [0.717, 1.165) is 18.4 Å². The van der Waals surface area contributed by atoms with Crippen LogP contribution in [0.1, 0.15) is 18.4 Å². The van der Waals surface area contributed by atoms with Gasteiger partial charge in [0.2, 0.25) is 10.0 Å². The summed E-state index contributed by atoms with van der Waals surface area (Å²) in [5.74, 6) is -0.246. The van der Waals surface area contributed by atoms with E-state index in [1.165, 1.54) is 40.7 Å². The van der Waals surface area contributed by atoms with Gasteiger partial charge in [-0.25, -0.2) is 12.8 Å². The van der Waals surface area contributed by atoms with Crippen LogP contribution in [0.5, 0.6) is 5.75 Å². The molecule has 27 heavy (non-hydrogen) atoms. The number of ether oxygens (including phenoxy) is 1. The molecular formula is C19H21FN2O4S. The second-order valence-electron chi connectivity index (χ2n) is 6.27. The van der Waals surface area contributed by atoms with Crippen molar-refractivity contribution in [2.75, 3.05) is 19.7 Å². The Bertz CT molecular complexity index is 877. The number of hydrogen-bond acceptors (Lipinski definition) is 4. The normalized spacial score (nSPS) is 14.9. The van der Waals surface area contributed by atoms with Crippen LogP contribution < -0.4 is 10.1 Å². The number of nitrogens with zero attached hydrogens (tertiary/aromatic N) is 1. The minimum atomic E-state index is -3.46. The van der Waals surface area contributed by atoms with Crippen LogP contribution in [0.15, 0.2) is 53.4 Å². The Morgan fingerprint density at radius 1 is 1.04 bits per heavy atom. The SMILES string of the molecule is O=C(COc1ccc(S(=O)(=O)N2CCCC2)cc1)NCc1ccc(F)cc1. The van der Waals surface area contributed by atoms with Gasteiger partial charge in [0.25, 0.3) is 5.91 Å². The van der Waals surface area contributed by atoms with Crippen LogP contribution in [0, 0.1) is 5.82 Å². The lowest BCUT2D eigenvalue weighted by Gasteiger charge is -2.15. The Morgan fingerprint density at radius 2 is 1.67 bits per heavy atom. The molecule has 1 saturated heterocycles. The van der Waals surface area contributed by atoms with E-state index in [2.05, 4.69) is 5.32 Å². The molecule has 0 bridgehead atoms. The molecule has 1 heterocycles. The second-order valence-corrected chi connectivity index (χ2v) is 8.21. The molecule has 1 aliphatic rings. The van der Waals surface area contributed by atoms with E-state index in [4.69, 9.17) is 4.74 Å². The van der Waals surface area contributed by atoms with Gasteiger partial charge in [0, 0.05) is 19.6 Å². The predicted octanol–water partition coefficient (Wildman–Crippen LogP) is 2.31. The minimum Gasteiger partial charge on any atom is -0.484 e. The molecule has 1 amide bonds. The Morgan fingerprint density at radius 3 is 2.30 bits per heavy atom. The topological polar surface area (TPSA) is 75.7 Å². The lowest BCUT2D eigenvalue weighted by atomic mass is 10.2. The van der Waals surface area contributed by atoms with Crippen LogP contribution in [0.2, 0.25) is 0 Å². The largest absolute Gasteiger partial charge is 0.484 e. The number of rotatable bonds is 7. The summed E-state index contributed by atoms with van der Waals surface area (Å²) in [5.41, 5.74) is 0.779. The number of carbonyl (C=O) groups is 1. The van der Waals surface area contributed by atoms with E-state index < -0.39 is 10.0 Å². The van der Waals surface area contributed by atoms with Crippen LogP contribution in [-0.4, -0.2) is 38.3 Å². The fraction of sp³-hybridized carbons (Fsp3) is 0.316. The first-order chi connectivity index (χ1) is 12.9. The molecule has 6 nitrogen and oxygen atoms in total. The summed E-state index contributed by atoms with van der Waals surface area (Å²) in [7, 11) is -3.46. The number of sulfonamides is 1. The smallest absolute Gasteiger partial charge is 0.258 e. The van der Waals surface area contributed by atoms with Gasteiger partial charge in [-0.05, 0) is 54.8 Å². The Hall–Kier alpha value is -2.45. The summed E-state index contributed by atoms with van der Waals surface area (Å²) in [6.45, 7) is 1.18. The average molecular weight is 392 g/mol. The monoisotopic (exact) mass is 392 g/mol. The molecule has 8 heteroatoms. The highest BCUT2D eigenvalue weighted by molar-refractivity contribution is 7.89. The molecule has 1 N–H and O–H groups in total. The maximum atomic E-state index is 12.8. The van der Waals surface area contributed by atoms with Gasteiger partial charge in [-0.15, -0.1) is 0 Å². The number of amides is 1. The van der Waals surface area contributed by atoms with Gasteiger partial charge in [-0.2, -0.15) is 4.31 Å². The zero-order valence-electron chi connectivity index (χ0n) is 14.7. The highest BCUT2D eigenvalue weighted by Gasteiger charge is 2.26. The molecule has 0 aromatic heterocycles. The first-order valence-corrected chi connectivity index (χ1v) is 10.1. The van der Waals surface area contributed by atoms with Crippen LogP contribution in [0.25, 0.3) is 0 Å². The number of nitrogens with one attached hydrogen (secondary N) is 1. The minimum absolute atomic E-state index is 0.195. The number of halogens is 1. The van der Waals surface area contributed by atoms with Gasteiger partial charge >= 0.3 is 0 Å². The average Bonchev–Trinajstić information content (AvgIpc) is 3.22. The van der Waals surface area contributed by atoms with Crippen LogP contribution in [-0.2, 0) is 21.4 Å². The molecular weight excluding hydrogens is 371 g/mol. The van der Waals surface area contributed by atoms with Crippen LogP contribution >= 0.6 is 0 Å². The third-order valence-electron chi connectivity index (χ3n) is 4.30. The maximum absolute atomic E-state index is 12.8. The fourth-order valence-electron chi connectivity index (χ4n) is 2.79. The van der Waals surface area contributed by atoms with Crippen molar-refractivity contribution < 1.29 is 22.3 Å². The Kier molecular flexibility index (Phi) is 6.08. The summed E-state index contributed by atoms with van der Waals surface area (Å²) in [6, 6.07) is 11.9. The summed E-state index contributed by atoms with van der Waals surface area (Å²) in [4.78, 5) is 12.1. The molecule has 0 atom stereocenters. The lowest BCUT2D eigenvalue weighted by molar-refractivity contribution is -0.123. The molecule has 1 fully saturated rings. The van der Waals surface area contributed by atoms with Crippen molar-refractivity contribution >= 4 is 15.9 Å². The fourth-order valence-corrected chi connectivity index (χ4v) is 4.31. The van der Waals surface area contributed by atoms with E-state index >= 15 is 0 Å².